The molecule has 10 rings (SSSR count). The first-order valence-corrected chi connectivity index (χ1v) is 17.7. The number of rotatable bonds is 4. The van der Waals surface area contributed by atoms with E-state index in [1.165, 1.54) is 55.0 Å². The third-order valence-electron chi connectivity index (χ3n) is 10.9. The van der Waals surface area contributed by atoms with E-state index < -0.39 is 0 Å². The van der Waals surface area contributed by atoms with Gasteiger partial charge in [0.2, 0.25) is 0 Å². The van der Waals surface area contributed by atoms with Crippen LogP contribution in [0.5, 0.6) is 11.5 Å². The van der Waals surface area contributed by atoms with Crippen LogP contribution in [0.15, 0.2) is 164 Å². The van der Waals surface area contributed by atoms with Crippen LogP contribution in [0, 0.1) is 6.92 Å². The molecule has 0 bridgehead atoms. The third-order valence-corrected chi connectivity index (χ3v) is 10.9. The molecule has 8 aromatic rings. The quantitative estimate of drug-likeness (QED) is 0.187. The van der Waals surface area contributed by atoms with Crippen molar-refractivity contribution in [3.8, 4) is 22.6 Å². The Bertz CT molecular complexity index is 2670. The van der Waals surface area contributed by atoms with Gasteiger partial charge in [-0.05, 0) is 99.4 Å². The first kappa shape index (κ1) is 29.6. The molecule has 0 spiro atoms. The zero-order chi connectivity index (χ0) is 34.3. The van der Waals surface area contributed by atoms with Crippen LogP contribution in [0.4, 0.5) is 34.1 Å². The highest BCUT2D eigenvalue weighted by molar-refractivity contribution is 6.01. The maximum atomic E-state index is 6.67. The first-order valence-electron chi connectivity index (χ1n) is 17.7. The summed E-state index contributed by atoms with van der Waals surface area (Å²) < 4.78 is 6.67. The zero-order valence-electron chi connectivity index (χ0n) is 28.9. The number of para-hydroxylation sites is 2. The molecule has 2 aliphatic rings. The normalized spacial score (nSPS) is 13.7. The number of benzene rings is 8. The number of fused-ring (bicyclic) bond motifs is 6. The maximum absolute atomic E-state index is 6.67. The van der Waals surface area contributed by atoms with E-state index in [9.17, 15) is 0 Å². The van der Waals surface area contributed by atoms with Gasteiger partial charge in [0, 0.05) is 22.2 Å². The first-order chi connectivity index (χ1) is 25.0. The highest BCUT2D eigenvalue weighted by Crippen LogP contribution is 2.62. The van der Waals surface area contributed by atoms with Crippen molar-refractivity contribution in [2.45, 2.75) is 26.2 Å². The molecule has 0 radical (unpaired) electrons. The van der Waals surface area contributed by atoms with E-state index in [1.807, 2.05) is 0 Å². The van der Waals surface area contributed by atoms with Gasteiger partial charge in [0.05, 0.1) is 22.7 Å². The summed E-state index contributed by atoms with van der Waals surface area (Å²) in [6.45, 7) is 6.88. The predicted octanol–water partition coefficient (Wildman–Crippen LogP) is 13.7. The Balaban J connectivity index is 1.15. The fraction of sp³-hybridized carbons (Fsp3) is 0.0833. The number of hydrogen-bond donors (Lipinski definition) is 0. The molecule has 0 unspecified atom stereocenters. The molecule has 244 valence electrons. The summed E-state index contributed by atoms with van der Waals surface area (Å²) in [5.74, 6) is 1.78. The molecule has 51 heavy (non-hydrogen) atoms. The monoisotopic (exact) mass is 656 g/mol. The number of ether oxygens (including phenoxy) is 1. The SMILES string of the molecule is Cc1cccc2c1N1c3ccccc3C(C)(C)c3c(-c4ccc(N(c5ccc6ccccc6c5)c5cccc6ccccc56)cc4)ccc(c31)O2. The van der Waals surface area contributed by atoms with Crippen molar-refractivity contribution in [1.29, 1.82) is 0 Å². The molecular formula is C48H36N2O. The second kappa shape index (κ2) is 11.1. The van der Waals surface area contributed by atoms with Gasteiger partial charge in [-0.15, -0.1) is 0 Å². The summed E-state index contributed by atoms with van der Waals surface area (Å²) in [6.07, 6.45) is 0. The lowest BCUT2D eigenvalue weighted by Gasteiger charge is -2.46. The molecule has 0 saturated carbocycles. The highest BCUT2D eigenvalue weighted by atomic mass is 16.5. The van der Waals surface area contributed by atoms with Crippen molar-refractivity contribution >= 4 is 55.7 Å². The van der Waals surface area contributed by atoms with E-state index in [2.05, 4.69) is 194 Å². The van der Waals surface area contributed by atoms with E-state index in [1.54, 1.807) is 0 Å². The van der Waals surface area contributed by atoms with Crippen LogP contribution >= 0.6 is 0 Å². The van der Waals surface area contributed by atoms with Gasteiger partial charge in [0.25, 0.3) is 0 Å². The average Bonchev–Trinajstić information content (AvgIpc) is 3.17. The summed E-state index contributed by atoms with van der Waals surface area (Å²) in [4.78, 5) is 4.84. The Morgan fingerprint density at radius 3 is 2.10 bits per heavy atom. The lowest BCUT2D eigenvalue weighted by Crippen LogP contribution is -2.33. The topological polar surface area (TPSA) is 15.7 Å². The molecule has 0 amide bonds. The fourth-order valence-corrected chi connectivity index (χ4v) is 8.49. The van der Waals surface area contributed by atoms with E-state index in [0.29, 0.717) is 0 Å². The van der Waals surface area contributed by atoms with Gasteiger partial charge >= 0.3 is 0 Å². The Morgan fingerprint density at radius 2 is 1.24 bits per heavy atom. The highest BCUT2D eigenvalue weighted by Gasteiger charge is 2.43. The average molecular weight is 657 g/mol. The Morgan fingerprint density at radius 1 is 0.549 bits per heavy atom. The van der Waals surface area contributed by atoms with Gasteiger partial charge in [-0.3, -0.25) is 0 Å². The van der Waals surface area contributed by atoms with Crippen LogP contribution in [0.3, 0.4) is 0 Å². The molecule has 0 N–H and O–H groups in total. The second-order valence-electron chi connectivity index (χ2n) is 14.2. The van der Waals surface area contributed by atoms with Crippen LogP contribution in [0.1, 0.15) is 30.5 Å². The van der Waals surface area contributed by atoms with Crippen LogP contribution < -0.4 is 14.5 Å². The van der Waals surface area contributed by atoms with E-state index >= 15 is 0 Å². The van der Waals surface area contributed by atoms with Crippen LogP contribution in [0.25, 0.3) is 32.7 Å². The Hall–Kier alpha value is -6.32. The van der Waals surface area contributed by atoms with Crippen molar-refractivity contribution in [3.05, 3.63) is 180 Å². The van der Waals surface area contributed by atoms with Gasteiger partial charge in [0.1, 0.15) is 0 Å². The molecule has 0 atom stereocenters. The van der Waals surface area contributed by atoms with Gasteiger partial charge in [-0.25, -0.2) is 0 Å². The largest absolute Gasteiger partial charge is 0.453 e. The summed E-state index contributed by atoms with van der Waals surface area (Å²) >= 11 is 0. The number of hydrogen-bond acceptors (Lipinski definition) is 3. The molecule has 8 aromatic carbocycles. The smallest absolute Gasteiger partial charge is 0.151 e. The van der Waals surface area contributed by atoms with Crippen LogP contribution in [-0.2, 0) is 5.41 Å². The Labute approximate surface area is 298 Å². The molecule has 3 nitrogen and oxygen atoms in total. The minimum absolute atomic E-state index is 0.268. The minimum atomic E-state index is -0.268. The molecular weight excluding hydrogens is 621 g/mol. The lowest BCUT2D eigenvalue weighted by molar-refractivity contribution is 0.471. The van der Waals surface area contributed by atoms with Crippen molar-refractivity contribution < 1.29 is 4.74 Å². The molecule has 0 aliphatic carbocycles. The molecule has 2 heterocycles. The molecule has 0 aromatic heterocycles. The fourth-order valence-electron chi connectivity index (χ4n) is 8.49. The number of anilines is 6. The Kier molecular flexibility index (Phi) is 6.44. The molecule has 0 fully saturated rings. The van der Waals surface area contributed by atoms with E-state index in [-0.39, 0.29) is 5.41 Å². The van der Waals surface area contributed by atoms with Gasteiger partial charge in [-0.2, -0.15) is 0 Å². The minimum Gasteiger partial charge on any atom is -0.453 e. The summed E-state index contributed by atoms with van der Waals surface area (Å²) in [6, 6.07) is 59.3. The molecule has 0 saturated heterocycles. The van der Waals surface area contributed by atoms with Gasteiger partial charge < -0.3 is 14.5 Å². The zero-order valence-corrected chi connectivity index (χ0v) is 28.9. The van der Waals surface area contributed by atoms with Crippen molar-refractivity contribution in [2.24, 2.45) is 0 Å². The van der Waals surface area contributed by atoms with E-state index in [4.69, 9.17) is 4.74 Å². The maximum Gasteiger partial charge on any atom is 0.151 e. The summed E-state index contributed by atoms with van der Waals surface area (Å²) in [7, 11) is 0. The summed E-state index contributed by atoms with van der Waals surface area (Å²) in [5, 5.41) is 4.89. The summed E-state index contributed by atoms with van der Waals surface area (Å²) in [5.41, 5.74) is 12.7. The van der Waals surface area contributed by atoms with Crippen LogP contribution in [0.2, 0.25) is 0 Å². The number of aryl methyl sites for hydroxylation is 1. The second-order valence-corrected chi connectivity index (χ2v) is 14.2. The van der Waals surface area contributed by atoms with Gasteiger partial charge in [0.15, 0.2) is 11.5 Å². The van der Waals surface area contributed by atoms with Crippen LogP contribution in [-0.4, -0.2) is 0 Å². The third kappa shape index (κ3) is 4.44. The van der Waals surface area contributed by atoms with Crippen molar-refractivity contribution in [1.82, 2.24) is 0 Å². The van der Waals surface area contributed by atoms with Crippen molar-refractivity contribution in [3.63, 3.8) is 0 Å². The number of nitrogens with zero attached hydrogens (tertiary/aromatic N) is 2. The molecule has 2 aliphatic heterocycles. The van der Waals surface area contributed by atoms with Crippen molar-refractivity contribution in [2.75, 3.05) is 9.80 Å². The standard InChI is InChI=1S/C48H36N2O/c1-31-12-10-21-43-46(31)50-42-19-9-8-18-40(42)48(2,3)45-39(28-29-44(51-43)47(45)50)34-23-25-36(26-24-34)49(37-27-22-32-13-4-5-15-35(32)30-37)41-20-11-16-33-14-6-7-17-38(33)41/h4-30H,1-3H3. The molecule has 3 heteroatoms. The van der Waals surface area contributed by atoms with E-state index in [0.717, 1.165) is 39.9 Å². The lowest BCUT2D eigenvalue weighted by atomic mass is 9.70. The predicted molar refractivity (Wildman–Crippen MR) is 213 cm³/mol. The van der Waals surface area contributed by atoms with Gasteiger partial charge in [-0.1, -0.05) is 129 Å².